The number of hydrogen-bond acceptors (Lipinski definition) is 1. The van der Waals surface area contributed by atoms with E-state index in [4.69, 9.17) is 27.9 Å². The summed E-state index contributed by atoms with van der Waals surface area (Å²) in [4.78, 5) is 0. The summed E-state index contributed by atoms with van der Waals surface area (Å²) < 4.78 is 5.22. The van der Waals surface area contributed by atoms with Crippen molar-refractivity contribution in [1.29, 1.82) is 0 Å². The van der Waals surface area contributed by atoms with Crippen LogP contribution in [0.5, 0.6) is 0 Å². The first-order valence-corrected chi connectivity index (χ1v) is 4.45. The Morgan fingerprint density at radius 1 is 1.40 bits per heavy atom. The lowest BCUT2D eigenvalue weighted by Gasteiger charge is -2.10. The van der Waals surface area contributed by atoms with Gasteiger partial charge in [-0.2, -0.15) is 0 Å². The zero-order chi connectivity index (χ0) is 7.98. The lowest BCUT2D eigenvalue weighted by molar-refractivity contribution is 0.0839. The Morgan fingerprint density at radius 2 is 2.00 bits per heavy atom. The maximum absolute atomic E-state index is 5.72. The van der Waals surface area contributed by atoms with Gasteiger partial charge in [-0.1, -0.05) is 25.4 Å². The Labute approximate surface area is 72.6 Å². The Kier molecular flexibility index (Phi) is 6.60. The molecule has 0 rings (SSSR count). The molecule has 0 aliphatic carbocycles. The molecule has 0 aliphatic rings. The second kappa shape index (κ2) is 6.26. The van der Waals surface area contributed by atoms with Gasteiger partial charge in [-0.3, -0.25) is 0 Å². The van der Waals surface area contributed by atoms with Crippen molar-refractivity contribution >= 4 is 23.2 Å². The van der Waals surface area contributed by atoms with Crippen molar-refractivity contribution in [3.63, 3.8) is 0 Å². The van der Waals surface area contributed by atoms with Gasteiger partial charge in [-0.15, -0.1) is 11.6 Å². The minimum absolute atomic E-state index is 0.208. The van der Waals surface area contributed by atoms with Crippen LogP contribution in [0.1, 0.15) is 20.3 Å². The normalized spacial score (nSPS) is 14.1. The van der Waals surface area contributed by atoms with E-state index in [2.05, 4.69) is 13.8 Å². The van der Waals surface area contributed by atoms with Crippen LogP contribution >= 0.6 is 23.2 Å². The molecule has 0 fully saturated rings. The van der Waals surface area contributed by atoms with Crippen molar-refractivity contribution in [3.8, 4) is 0 Å². The summed E-state index contributed by atoms with van der Waals surface area (Å²) in [6.07, 6.45) is 0.718. The van der Waals surface area contributed by atoms with Crippen molar-refractivity contribution in [3.05, 3.63) is 0 Å². The smallest absolute Gasteiger partial charge is 0.132 e. The molecule has 3 heteroatoms. The molecule has 0 saturated heterocycles. The van der Waals surface area contributed by atoms with E-state index < -0.39 is 0 Å². The Hall–Kier alpha value is 0.540. The Balaban J connectivity index is 3.12. The maximum atomic E-state index is 5.72. The summed E-state index contributed by atoms with van der Waals surface area (Å²) in [7, 11) is 0. The summed E-state index contributed by atoms with van der Waals surface area (Å²) in [5.74, 6) is 1.10. The summed E-state index contributed by atoms with van der Waals surface area (Å²) in [5, 5.41) is 0. The zero-order valence-corrected chi connectivity index (χ0v) is 7.95. The molecule has 0 aromatic rings. The maximum Gasteiger partial charge on any atom is 0.132 e. The molecule has 0 spiro atoms. The van der Waals surface area contributed by atoms with Gasteiger partial charge < -0.3 is 4.74 Å². The van der Waals surface area contributed by atoms with Gasteiger partial charge in [0.05, 0.1) is 6.61 Å². The number of ether oxygens (including phenoxy) is 1. The number of rotatable bonds is 5. The number of halogens is 2. The van der Waals surface area contributed by atoms with E-state index in [1.165, 1.54) is 0 Å². The molecular formula is C7H14Cl2O. The third-order valence-electron chi connectivity index (χ3n) is 0.946. The molecule has 10 heavy (non-hydrogen) atoms. The molecule has 0 radical (unpaired) electrons. The van der Waals surface area contributed by atoms with Gasteiger partial charge in [0, 0.05) is 12.3 Å². The third kappa shape index (κ3) is 6.66. The van der Waals surface area contributed by atoms with Crippen LogP contribution in [0.15, 0.2) is 0 Å². The van der Waals surface area contributed by atoms with Gasteiger partial charge in [0.15, 0.2) is 0 Å². The van der Waals surface area contributed by atoms with E-state index in [9.17, 15) is 0 Å². The highest BCUT2D eigenvalue weighted by atomic mass is 35.5. The quantitative estimate of drug-likeness (QED) is 0.598. The molecule has 1 nitrogen and oxygen atoms in total. The first kappa shape index (κ1) is 10.5. The van der Waals surface area contributed by atoms with Crippen molar-refractivity contribution in [2.24, 2.45) is 5.92 Å². The van der Waals surface area contributed by atoms with Crippen molar-refractivity contribution in [2.45, 2.75) is 25.8 Å². The van der Waals surface area contributed by atoms with Crippen LogP contribution in [0.3, 0.4) is 0 Å². The average Bonchev–Trinajstić information content (AvgIpc) is 1.85. The van der Waals surface area contributed by atoms with Crippen LogP contribution in [0, 0.1) is 5.92 Å². The van der Waals surface area contributed by atoms with E-state index in [0.29, 0.717) is 18.4 Å². The van der Waals surface area contributed by atoms with Gasteiger partial charge in [0.25, 0.3) is 0 Å². The van der Waals surface area contributed by atoms with Crippen molar-refractivity contribution in [1.82, 2.24) is 0 Å². The highest BCUT2D eigenvalue weighted by molar-refractivity contribution is 6.21. The van der Waals surface area contributed by atoms with Crippen molar-refractivity contribution < 1.29 is 4.74 Å². The first-order valence-electron chi connectivity index (χ1n) is 3.48. The van der Waals surface area contributed by atoms with Gasteiger partial charge in [0.2, 0.25) is 0 Å². The Bertz CT molecular complexity index is 76.0. The van der Waals surface area contributed by atoms with Crippen LogP contribution in [-0.2, 0) is 4.74 Å². The molecule has 0 aromatic carbocycles. The van der Waals surface area contributed by atoms with Gasteiger partial charge in [-0.05, 0) is 5.92 Å². The fourth-order valence-electron chi connectivity index (χ4n) is 0.466. The molecule has 0 N–H and O–H groups in total. The molecule has 0 heterocycles. The highest BCUT2D eigenvalue weighted by Gasteiger charge is 2.03. The fourth-order valence-corrected chi connectivity index (χ4v) is 0.958. The highest BCUT2D eigenvalue weighted by Crippen LogP contribution is 2.07. The fraction of sp³-hybridized carbons (Fsp3) is 1.00. The van der Waals surface area contributed by atoms with Gasteiger partial charge >= 0.3 is 0 Å². The molecule has 0 amide bonds. The van der Waals surface area contributed by atoms with Crippen LogP contribution in [0.25, 0.3) is 0 Å². The van der Waals surface area contributed by atoms with E-state index in [1.54, 1.807) is 0 Å². The molecule has 0 aromatic heterocycles. The molecule has 0 aliphatic heterocycles. The van der Waals surface area contributed by atoms with Crippen LogP contribution < -0.4 is 0 Å². The standard InChI is InChI=1S/C7H14Cl2O/c1-6(2)5-10-7(9)3-4-8/h6-7H,3-5H2,1-2H3. The van der Waals surface area contributed by atoms with Crippen LogP contribution in [-0.4, -0.2) is 18.1 Å². The molecular weight excluding hydrogens is 171 g/mol. The van der Waals surface area contributed by atoms with E-state index in [-0.39, 0.29) is 5.56 Å². The average molecular weight is 185 g/mol. The van der Waals surface area contributed by atoms with Crippen LogP contribution in [0.4, 0.5) is 0 Å². The Morgan fingerprint density at radius 3 is 2.40 bits per heavy atom. The minimum atomic E-state index is -0.208. The zero-order valence-electron chi connectivity index (χ0n) is 6.44. The lowest BCUT2D eigenvalue weighted by atomic mass is 10.2. The largest absolute Gasteiger partial charge is 0.362 e. The molecule has 0 saturated carbocycles. The van der Waals surface area contributed by atoms with E-state index in [1.807, 2.05) is 0 Å². The molecule has 1 atom stereocenters. The summed E-state index contributed by atoms with van der Waals surface area (Å²) in [6.45, 7) is 4.89. The SMILES string of the molecule is CC(C)COC(Cl)CCCl. The summed E-state index contributed by atoms with van der Waals surface area (Å²) in [6, 6.07) is 0. The summed E-state index contributed by atoms with van der Waals surface area (Å²) in [5.41, 5.74) is -0.208. The second-order valence-electron chi connectivity index (χ2n) is 2.61. The summed E-state index contributed by atoms with van der Waals surface area (Å²) >= 11 is 11.2. The number of alkyl halides is 2. The van der Waals surface area contributed by atoms with Crippen LogP contribution in [0.2, 0.25) is 0 Å². The third-order valence-corrected chi connectivity index (χ3v) is 1.51. The lowest BCUT2D eigenvalue weighted by Crippen LogP contribution is -2.10. The predicted molar refractivity (Wildman–Crippen MR) is 45.8 cm³/mol. The van der Waals surface area contributed by atoms with Crippen molar-refractivity contribution in [2.75, 3.05) is 12.5 Å². The first-order chi connectivity index (χ1) is 4.66. The van der Waals surface area contributed by atoms with Gasteiger partial charge in [-0.25, -0.2) is 0 Å². The molecule has 0 bridgehead atoms. The monoisotopic (exact) mass is 184 g/mol. The molecule has 1 unspecified atom stereocenters. The second-order valence-corrected chi connectivity index (χ2v) is 3.48. The minimum Gasteiger partial charge on any atom is -0.362 e. The van der Waals surface area contributed by atoms with E-state index in [0.717, 1.165) is 6.42 Å². The van der Waals surface area contributed by atoms with E-state index >= 15 is 0 Å². The van der Waals surface area contributed by atoms with Gasteiger partial charge in [0.1, 0.15) is 5.56 Å². The predicted octanol–water partition coefficient (Wildman–Crippen LogP) is 2.85. The molecule has 62 valence electrons. The number of hydrogen-bond donors (Lipinski definition) is 0. The topological polar surface area (TPSA) is 9.23 Å².